The molecule has 0 saturated heterocycles. The van der Waals surface area contributed by atoms with Crippen LogP contribution in [-0.2, 0) is 0 Å². The molecule has 1 aromatic carbocycles. The molecule has 0 unspecified atom stereocenters. The van der Waals surface area contributed by atoms with Crippen molar-refractivity contribution in [3.63, 3.8) is 0 Å². The Morgan fingerprint density at radius 2 is 2.05 bits per heavy atom. The molecule has 1 aliphatic carbocycles. The Bertz CT molecular complexity index is 1040. The van der Waals surface area contributed by atoms with Crippen molar-refractivity contribution in [1.82, 2.24) is 4.90 Å². The van der Waals surface area contributed by atoms with E-state index in [0.29, 0.717) is 0 Å². The summed E-state index contributed by atoms with van der Waals surface area (Å²) >= 11 is 0. The van der Waals surface area contributed by atoms with Gasteiger partial charge < -0.3 is 14.7 Å². The molecule has 0 spiro atoms. The Morgan fingerprint density at radius 3 is 2.65 bits per heavy atom. The zero-order chi connectivity index (χ0) is 32.0. The normalized spacial score (nSPS) is 50.7. The molecule has 1 saturated carbocycles. The van der Waals surface area contributed by atoms with Crippen molar-refractivity contribution in [2.24, 2.45) is 0 Å². The Morgan fingerprint density at radius 1 is 1.35 bits per heavy atom. The first-order valence-electron chi connectivity index (χ1n) is 15.6. The lowest BCUT2D eigenvalue weighted by Crippen LogP contribution is -2.42. The Kier molecular flexibility index (Phi) is 1.26. The van der Waals surface area contributed by atoms with Crippen molar-refractivity contribution in [3.8, 4) is 5.75 Å². The molecule has 1 N–H and O–H groups in total. The van der Waals surface area contributed by atoms with Crippen LogP contribution < -0.4 is 4.74 Å². The van der Waals surface area contributed by atoms with E-state index in [2.05, 4.69) is 4.74 Å². The summed E-state index contributed by atoms with van der Waals surface area (Å²) in [5, 5.41) is 11.9. The van der Waals surface area contributed by atoms with E-state index in [1.54, 1.807) is 0 Å². The summed E-state index contributed by atoms with van der Waals surface area (Å²) in [6.07, 6.45) is -20.7. The molecule has 0 amide bonds. The third-order valence-corrected chi connectivity index (χ3v) is 2.69. The average Bonchev–Trinajstić information content (AvgIpc) is 2.73. The molecule has 0 aliphatic heterocycles. The zero-order valence-electron chi connectivity index (χ0n) is 30.3. The number of rotatable bonds is 5. The van der Waals surface area contributed by atoms with Crippen LogP contribution in [0.2, 0.25) is 0 Å². The minimum atomic E-state index is -4.35. The van der Waals surface area contributed by atoms with Crippen LogP contribution in [0.15, 0.2) is 24.3 Å². The van der Waals surface area contributed by atoms with Crippen molar-refractivity contribution in [3.05, 3.63) is 29.8 Å². The maximum absolute atomic E-state index is 11.9. The molecule has 1 aliphatic rings. The number of ether oxygens (including phenoxy) is 1. The van der Waals surface area contributed by atoms with E-state index in [0.717, 1.165) is 24.3 Å². The lowest BCUT2D eigenvalue weighted by atomic mass is 9.72. The highest BCUT2D eigenvalue weighted by atomic mass is 16.5. The lowest BCUT2D eigenvalue weighted by molar-refractivity contribution is -0.0277. The van der Waals surface area contributed by atoms with Gasteiger partial charge >= 0.3 is 0 Å². The topological polar surface area (TPSA) is 32.7 Å². The van der Waals surface area contributed by atoms with Crippen molar-refractivity contribution >= 4 is 0 Å². The van der Waals surface area contributed by atoms with Crippen molar-refractivity contribution < 1.29 is 37.3 Å². The maximum Gasteiger partial charge on any atom is 0.118 e. The van der Waals surface area contributed by atoms with Gasteiger partial charge in [0.1, 0.15) is 5.75 Å². The number of benzene rings is 1. The second-order valence-electron chi connectivity index (χ2n) is 4.03. The third kappa shape index (κ3) is 3.53. The number of hydrogen-bond donors (Lipinski definition) is 1. The Hall–Kier alpha value is -1.06. The monoisotopic (exact) mass is 297 g/mol. The summed E-state index contributed by atoms with van der Waals surface area (Å²) in [5.74, 6) is -4.03. The molecule has 1 fully saturated rings. The van der Waals surface area contributed by atoms with Gasteiger partial charge in [-0.25, -0.2) is 0 Å². The van der Waals surface area contributed by atoms with Crippen LogP contribution in [-0.4, -0.2) is 43.1 Å². The van der Waals surface area contributed by atoms with Gasteiger partial charge in [-0.15, -0.1) is 0 Å². The molecule has 112 valence electrons. The number of methoxy groups -OCH3 is 1. The molecule has 0 bridgehead atoms. The van der Waals surface area contributed by atoms with Gasteiger partial charge in [-0.05, 0) is 44.4 Å². The van der Waals surface area contributed by atoms with Crippen molar-refractivity contribution in [1.29, 1.82) is 0 Å². The summed E-state index contributed by atoms with van der Waals surface area (Å²) in [7, 11) is -2.98. The number of nitrogens with zero attached hydrogens (tertiary/aromatic N) is 1. The standard InChI is InChI=1S/C17H27NO2/c1-18(2)13-16(17(19)11-5-4-6-12-17)14-7-9-15(20-3)10-8-14/h7-10,16,19H,4-6,11-13H2,1-3H3/t16-/m1/s1/i1D3,2D3,3D3,4D2,5D2,6D2,11D2,12D2,16D. The smallest absolute Gasteiger partial charge is 0.118 e. The maximum atomic E-state index is 11.9. The van der Waals surface area contributed by atoms with E-state index >= 15 is 0 Å². The van der Waals surface area contributed by atoms with Gasteiger partial charge in [-0.3, -0.25) is 0 Å². The molecule has 3 nitrogen and oxygen atoms in total. The van der Waals surface area contributed by atoms with E-state index in [1.165, 1.54) is 0 Å². The quantitative estimate of drug-likeness (QED) is 0.907. The molecule has 2 rings (SSSR count). The highest BCUT2D eigenvalue weighted by Gasteiger charge is 2.38. The minimum Gasteiger partial charge on any atom is -0.497 e. The second kappa shape index (κ2) is 6.59. The van der Waals surface area contributed by atoms with Gasteiger partial charge in [0.25, 0.3) is 0 Å². The first-order chi connectivity index (χ1) is 17.3. The summed E-state index contributed by atoms with van der Waals surface area (Å²) < 4.78 is 164. The van der Waals surface area contributed by atoms with Crippen LogP contribution in [0.5, 0.6) is 5.75 Å². The molecule has 1 aromatic rings. The lowest BCUT2D eigenvalue weighted by Gasteiger charge is -2.40. The zero-order valence-corrected chi connectivity index (χ0v) is 10.3. The van der Waals surface area contributed by atoms with E-state index in [1.807, 2.05) is 0 Å². The predicted molar refractivity (Wildman–Crippen MR) is 82.3 cm³/mol. The predicted octanol–water partition coefficient (Wildman–Crippen LogP) is 3.04. The SMILES string of the molecule is [2H]C([2H])([2H])Oc1ccc([C@@]([2H])(CN(C([2H])([2H])[2H])C([2H])([2H])[2H])C2(O)C([2H])([2H])C([2H])([2H])C([2H])([2H])C([2H])([2H])C2([2H])[2H])cc1. The number of aliphatic hydroxyl groups is 1. The minimum absolute atomic E-state index is 0.349. The van der Waals surface area contributed by atoms with Crippen molar-refractivity contribution in [2.45, 2.75) is 43.4 Å². The molecular formula is C17H27NO2. The highest BCUT2D eigenvalue weighted by Crippen LogP contribution is 2.40. The number of likely N-dealkylation sites (N-methyl/N-ethyl adjacent to an activating group) is 1. The van der Waals surface area contributed by atoms with Crippen LogP contribution in [0.4, 0.5) is 0 Å². The van der Waals surface area contributed by atoms with Crippen molar-refractivity contribution in [2.75, 3.05) is 27.5 Å². The Labute approximate surface area is 150 Å². The van der Waals surface area contributed by atoms with Crippen LogP contribution in [0, 0.1) is 0 Å². The van der Waals surface area contributed by atoms with E-state index in [9.17, 15) is 6.48 Å². The molecule has 20 heavy (non-hydrogen) atoms. The van der Waals surface area contributed by atoms with Gasteiger partial charge in [0.2, 0.25) is 0 Å². The van der Waals surface area contributed by atoms with Gasteiger partial charge in [-0.2, -0.15) is 0 Å². The largest absolute Gasteiger partial charge is 0.497 e. The van der Waals surface area contributed by atoms with E-state index < -0.39 is 82.2 Å². The molecule has 0 aromatic heterocycles. The number of hydrogen-bond acceptors (Lipinski definition) is 3. The third-order valence-electron chi connectivity index (χ3n) is 2.69. The Balaban J connectivity index is 3.07. The van der Waals surface area contributed by atoms with Gasteiger partial charge in [-0.1, -0.05) is 31.3 Å². The molecule has 3 heteroatoms. The second-order valence-corrected chi connectivity index (χ2v) is 4.03. The molecule has 0 radical (unpaired) electrons. The van der Waals surface area contributed by atoms with Gasteiger partial charge in [0, 0.05) is 35.7 Å². The first kappa shape index (κ1) is 3.82. The van der Waals surface area contributed by atoms with Gasteiger partial charge in [0.05, 0.1) is 16.8 Å². The van der Waals surface area contributed by atoms with Crippen LogP contribution in [0.3, 0.4) is 0 Å². The van der Waals surface area contributed by atoms with E-state index in [4.69, 9.17) is 26.0 Å². The summed E-state index contributed by atoms with van der Waals surface area (Å²) in [6, 6.07) is 3.15. The molecule has 1 atom stereocenters. The fourth-order valence-electron chi connectivity index (χ4n) is 1.75. The average molecular weight is 298 g/mol. The van der Waals surface area contributed by atoms with Crippen LogP contribution in [0.1, 0.15) is 70.7 Å². The first-order valence-corrected chi connectivity index (χ1v) is 5.57. The summed E-state index contributed by atoms with van der Waals surface area (Å²) in [4.78, 5) is -0.349. The van der Waals surface area contributed by atoms with Gasteiger partial charge in [0.15, 0.2) is 0 Å². The fraction of sp³-hybridized carbons (Fsp3) is 0.647. The molecule has 0 heterocycles. The van der Waals surface area contributed by atoms with Crippen LogP contribution >= 0.6 is 0 Å². The fourth-order valence-corrected chi connectivity index (χ4v) is 1.75. The summed E-state index contributed by atoms with van der Waals surface area (Å²) in [6.45, 7) is -9.01. The highest BCUT2D eigenvalue weighted by molar-refractivity contribution is 5.31. The molecular weight excluding hydrogens is 250 g/mol. The summed E-state index contributed by atoms with van der Waals surface area (Å²) in [5.41, 5.74) is -5.15. The van der Waals surface area contributed by atoms with E-state index in [-0.39, 0.29) is 4.90 Å². The van der Waals surface area contributed by atoms with Crippen LogP contribution in [0.25, 0.3) is 0 Å².